The Morgan fingerprint density at radius 1 is 1.23 bits per heavy atom. The summed E-state index contributed by atoms with van der Waals surface area (Å²) in [6.45, 7) is 3.90. The zero-order valence-corrected chi connectivity index (χ0v) is 17.7. The van der Waals surface area contributed by atoms with Crippen molar-refractivity contribution in [1.82, 2.24) is 20.1 Å². The van der Waals surface area contributed by atoms with Crippen molar-refractivity contribution in [1.29, 1.82) is 0 Å². The van der Waals surface area contributed by atoms with Gasteiger partial charge in [0, 0.05) is 25.6 Å². The van der Waals surface area contributed by atoms with E-state index < -0.39 is 11.9 Å². The van der Waals surface area contributed by atoms with E-state index in [0.29, 0.717) is 18.7 Å². The number of fused-ring (bicyclic) bond motifs is 1. The molecule has 3 aromatic rings. The first kappa shape index (κ1) is 21.3. The number of carbonyl (C=O) groups is 2. The van der Waals surface area contributed by atoms with Gasteiger partial charge in [0.25, 0.3) is 0 Å². The summed E-state index contributed by atoms with van der Waals surface area (Å²) in [6, 6.07) is 8.72. The zero-order valence-electron chi connectivity index (χ0n) is 17.7. The molecular formula is C22H27N5O3. The number of aryl methyl sites for hydroxylation is 3. The minimum absolute atomic E-state index is 0.218. The number of primary amides is 1. The van der Waals surface area contributed by atoms with E-state index in [4.69, 9.17) is 10.5 Å². The molecule has 0 bridgehead atoms. The number of carbonyl (C=O) groups excluding carboxylic acids is 2. The molecule has 1 atom stereocenters. The fourth-order valence-corrected chi connectivity index (χ4v) is 3.68. The van der Waals surface area contributed by atoms with E-state index in [1.165, 1.54) is 0 Å². The van der Waals surface area contributed by atoms with Crippen molar-refractivity contribution in [2.75, 3.05) is 7.11 Å². The zero-order chi connectivity index (χ0) is 21.8. The van der Waals surface area contributed by atoms with Gasteiger partial charge < -0.3 is 15.8 Å². The van der Waals surface area contributed by atoms with E-state index >= 15 is 0 Å². The Morgan fingerprint density at radius 3 is 2.57 bits per heavy atom. The molecule has 158 valence electrons. The van der Waals surface area contributed by atoms with E-state index in [0.717, 1.165) is 33.4 Å². The fraction of sp³-hybridized carbons (Fsp3) is 0.364. The van der Waals surface area contributed by atoms with Gasteiger partial charge in [-0.2, -0.15) is 0 Å². The van der Waals surface area contributed by atoms with Crippen LogP contribution in [0.25, 0.3) is 11.0 Å². The fourth-order valence-electron chi connectivity index (χ4n) is 3.68. The van der Waals surface area contributed by atoms with Gasteiger partial charge in [-0.3, -0.25) is 9.59 Å². The summed E-state index contributed by atoms with van der Waals surface area (Å²) in [5.41, 5.74) is 9.99. The van der Waals surface area contributed by atoms with Crippen LogP contribution in [-0.2, 0) is 29.5 Å². The maximum absolute atomic E-state index is 12.6. The van der Waals surface area contributed by atoms with Crippen LogP contribution in [0.1, 0.15) is 28.8 Å². The molecule has 3 rings (SSSR count). The van der Waals surface area contributed by atoms with Gasteiger partial charge in [0.2, 0.25) is 17.7 Å². The highest BCUT2D eigenvalue weighted by molar-refractivity contribution is 5.88. The van der Waals surface area contributed by atoms with Crippen LogP contribution in [0.3, 0.4) is 0 Å². The molecule has 0 spiro atoms. The maximum atomic E-state index is 12.6. The summed E-state index contributed by atoms with van der Waals surface area (Å²) in [4.78, 5) is 29.0. The van der Waals surface area contributed by atoms with E-state index in [1.807, 2.05) is 51.2 Å². The smallest absolute Gasteiger partial charge is 0.242 e. The molecule has 0 saturated carbocycles. The van der Waals surface area contributed by atoms with Gasteiger partial charge >= 0.3 is 0 Å². The second kappa shape index (κ2) is 8.94. The summed E-state index contributed by atoms with van der Waals surface area (Å²) in [5, 5.41) is 7.96. The number of aromatic nitrogens is 3. The topological polar surface area (TPSA) is 112 Å². The summed E-state index contributed by atoms with van der Waals surface area (Å²) in [7, 11) is 3.39. The third-order valence-corrected chi connectivity index (χ3v) is 5.28. The molecule has 0 radical (unpaired) electrons. The van der Waals surface area contributed by atoms with Crippen molar-refractivity contribution in [2.24, 2.45) is 12.8 Å². The number of pyridine rings is 1. The Balaban J connectivity index is 1.73. The molecule has 1 unspecified atom stereocenters. The minimum Gasteiger partial charge on any atom is -0.479 e. The standard InChI is InChI=1S/C22H27N5O3/c1-13-16(14(2)24-21-19(13)22(30-4)26-27(21)3)10-11-18(28)25-17(20(23)29)12-15-8-6-5-7-9-15/h5-9,17H,10-12H2,1-4H3,(H2,23,29)(H,25,28). The normalized spacial score (nSPS) is 12.0. The lowest BCUT2D eigenvalue weighted by molar-refractivity contribution is -0.127. The molecule has 2 aromatic heterocycles. The molecule has 8 heteroatoms. The van der Waals surface area contributed by atoms with Crippen molar-refractivity contribution in [3.63, 3.8) is 0 Å². The molecule has 0 fully saturated rings. The number of hydrogen-bond donors (Lipinski definition) is 2. The number of methoxy groups -OCH3 is 1. The van der Waals surface area contributed by atoms with E-state index in [1.54, 1.807) is 11.8 Å². The van der Waals surface area contributed by atoms with Crippen molar-refractivity contribution in [3.05, 3.63) is 52.7 Å². The highest BCUT2D eigenvalue weighted by Crippen LogP contribution is 2.30. The highest BCUT2D eigenvalue weighted by atomic mass is 16.5. The first-order valence-corrected chi connectivity index (χ1v) is 9.81. The number of amides is 2. The molecule has 3 N–H and O–H groups in total. The average Bonchev–Trinajstić information content (AvgIpc) is 3.03. The molecule has 2 amide bonds. The van der Waals surface area contributed by atoms with Crippen LogP contribution in [-0.4, -0.2) is 39.7 Å². The monoisotopic (exact) mass is 409 g/mol. The van der Waals surface area contributed by atoms with E-state index in [2.05, 4.69) is 15.4 Å². The van der Waals surface area contributed by atoms with Gasteiger partial charge in [0.05, 0.1) is 12.5 Å². The van der Waals surface area contributed by atoms with Crippen molar-refractivity contribution in [3.8, 4) is 5.88 Å². The number of benzene rings is 1. The van der Waals surface area contributed by atoms with Crippen molar-refractivity contribution < 1.29 is 14.3 Å². The van der Waals surface area contributed by atoms with Gasteiger partial charge in [-0.15, -0.1) is 5.10 Å². The molecule has 0 aliphatic rings. The molecule has 8 nitrogen and oxygen atoms in total. The highest BCUT2D eigenvalue weighted by Gasteiger charge is 2.21. The Morgan fingerprint density at radius 2 is 1.93 bits per heavy atom. The second-order valence-electron chi connectivity index (χ2n) is 7.34. The van der Waals surface area contributed by atoms with Crippen LogP contribution < -0.4 is 15.8 Å². The maximum Gasteiger partial charge on any atom is 0.242 e. The Bertz CT molecular complexity index is 1080. The first-order valence-electron chi connectivity index (χ1n) is 9.81. The lowest BCUT2D eigenvalue weighted by atomic mass is 9.99. The van der Waals surface area contributed by atoms with Gasteiger partial charge in [-0.25, -0.2) is 9.67 Å². The second-order valence-corrected chi connectivity index (χ2v) is 7.34. The predicted molar refractivity (Wildman–Crippen MR) is 114 cm³/mol. The molecule has 0 saturated heterocycles. The van der Waals surface area contributed by atoms with E-state index in [-0.39, 0.29) is 12.3 Å². The van der Waals surface area contributed by atoms with Crippen LogP contribution in [0, 0.1) is 13.8 Å². The largest absolute Gasteiger partial charge is 0.479 e. The molecule has 0 aliphatic carbocycles. The Kier molecular flexibility index (Phi) is 6.34. The summed E-state index contributed by atoms with van der Waals surface area (Å²) in [6.07, 6.45) is 1.07. The molecule has 0 aliphatic heterocycles. The van der Waals surface area contributed by atoms with Gasteiger partial charge in [-0.1, -0.05) is 30.3 Å². The molecule has 1 aromatic carbocycles. The number of nitrogens with two attached hydrogens (primary N) is 1. The number of nitrogens with one attached hydrogen (secondary N) is 1. The van der Waals surface area contributed by atoms with E-state index in [9.17, 15) is 9.59 Å². The predicted octanol–water partition coefficient (Wildman–Crippen LogP) is 1.74. The molecule has 30 heavy (non-hydrogen) atoms. The minimum atomic E-state index is -0.749. The number of rotatable bonds is 8. The molecule has 2 heterocycles. The Hall–Kier alpha value is -3.42. The van der Waals surface area contributed by atoms with Gasteiger partial charge in [0.15, 0.2) is 5.65 Å². The number of hydrogen-bond acceptors (Lipinski definition) is 5. The number of nitrogens with zero attached hydrogens (tertiary/aromatic N) is 3. The van der Waals surface area contributed by atoms with Gasteiger partial charge in [0.1, 0.15) is 6.04 Å². The van der Waals surface area contributed by atoms with Crippen molar-refractivity contribution in [2.45, 2.75) is 39.2 Å². The van der Waals surface area contributed by atoms with Crippen LogP contribution in [0.4, 0.5) is 0 Å². The Labute approximate surface area is 175 Å². The van der Waals surface area contributed by atoms with Crippen LogP contribution in [0.15, 0.2) is 30.3 Å². The summed E-state index contributed by atoms with van der Waals surface area (Å²) < 4.78 is 7.07. The third-order valence-electron chi connectivity index (χ3n) is 5.28. The summed E-state index contributed by atoms with van der Waals surface area (Å²) >= 11 is 0. The first-order chi connectivity index (χ1) is 14.3. The lowest BCUT2D eigenvalue weighted by Crippen LogP contribution is -2.45. The third kappa shape index (κ3) is 4.42. The lowest BCUT2D eigenvalue weighted by Gasteiger charge is -2.16. The SMILES string of the molecule is COc1nn(C)c2nc(C)c(CCC(=O)NC(Cc3ccccc3)C(N)=O)c(C)c12. The van der Waals surface area contributed by atoms with Crippen LogP contribution in [0.5, 0.6) is 5.88 Å². The quantitative estimate of drug-likeness (QED) is 0.588. The van der Waals surface area contributed by atoms with Gasteiger partial charge in [-0.05, 0) is 37.0 Å². The van der Waals surface area contributed by atoms with Crippen LogP contribution in [0.2, 0.25) is 0 Å². The van der Waals surface area contributed by atoms with Crippen LogP contribution >= 0.6 is 0 Å². The van der Waals surface area contributed by atoms with Crippen molar-refractivity contribution >= 4 is 22.8 Å². The average molecular weight is 409 g/mol. The number of ether oxygens (including phenoxy) is 1. The summed E-state index contributed by atoms with van der Waals surface area (Å²) in [5.74, 6) is -0.269. The molecular weight excluding hydrogens is 382 g/mol.